The molecule has 0 spiro atoms. The van der Waals surface area contributed by atoms with Crippen LogP contribution in [-0.4, -0.2) is 23.7 Å². The van der Waals surface area contributed by atoms with Gasteiger partial charge in [0.1, 0.15) is 0 Å². The Hall–Kier alpha value is -2.11. The first-order chi connectivity index (χ1) is 12.7. The topological polar surface area (TPSA) is 43.3 Å². The van der Waals surface area contributed by atoms with Gasteiger partial charge in [-0.3, -0.25) is 4.79 Å². The second-order valence-corrected chi connectivity index (χ2v) is 7.95. The molecular weight excluding hydrogens is 344 g/mol. The molecule has 1 saturated heterocycles. The summed E-state index contributed by atoms with van der Waals surface area (Å²) in [5, 5.41) is 6.56. The predicted molar refractivity (Wildman–Crippen MR) is 105 cm³/mol. The van der Waals surface area contributed by atoms with Crippen molar-refractivity contribution in [2.45, 2.75) is 25.3 Å². The summed E-state index contributed by atoms with van der Waals surface area (Å²) in [6.07, 6.45) is 4.47. The summed E-state index contributed by atoms with van der Waals surface area (Å²) in [6.45, 7) is 1.57. The van der Waals surface area contributed by atoms with Crippen LogP contribution in [0.4, 0.5) is 0 Å². The number of hydrogen-bond donors (Lipinski definition) is 1. The van der Waals surface area contributed by atoms with Crippen LogP contribution in [0.2, 0.25) is 0 Å². The Morgan fingerprint density at radius 2 is 2.08 bits per heavy atom. The molecule has 0 bridgehead atoms. The van der Waals surface area contributed by atoms with Crippen molar-refractivity contribution in [1.82, 2.24) is 9.88 Å². The zero-order valence-corrected chi connectivity index (χ0v) is 15.8. The molecule has 0 unspecified atom stereocenters. The largest absolute Gasteiger partial charge is 0.381 e. The molecule has 1 N–H and O–H groups in total. The third kappa shape index (κ3) is 3.55. The van der Waals surface area contributed by atoms with Crippen molar-refractivity contribution in [2.24, 2.45) is 13.0 Å². The van der Waals surface area contributed by atoms with E-state index in [1.165, 1.54) is 4.88 Å². The van der Waals surface area contributed by atoms with Gasteiger partial charge in [-0.15, -0.1) is 11.3 Å². The van der Waals surface area contributed by atoms with Gasteiger partial charge in [-0.2, -0.15) is 0 Å². The smallest absolute Gasteiger partial charge is 0.225 e. The van der Waals surface area contributed by atoms with Gasteiger partial charge in [-0.05, 0) is 41.8 Å². The number of amides is 1. The number of hydrogen-bond acceptors (Lipinski definition) is 3. The molecule has 26 heavy (non-hydrogen) atoms. The molecule has 1 amide bonds. The van der Waals surface area contributed by atoms with E-state index >= 15 is 0 Å². The van der Waals surface area contributed by atoms with E-state index in [-0.39, 0.29) is 11.9 Å². The summed E-state index contributed by atoms with van der Waals surface area (Å²) in [6, 6.07) is 12.5. The first-order valence-electron chi connectivity index (χ1n) is 9.16. The first-order valence-corrected chi connectivity index (χ1v) is 10.0. The van der Waals surface area contributed by atoms with Crippen LogP contribution in [-0.2, 0) is 23.0 Å². The summed E-state index contributed by atoms with van der Waals surface area (Å²) in [5.41, 5.74) is 2.24. The number of carbonyl (C=O) groups is 1. The fourth-order valence-corrected chi connectivity index (χ4v) is 4.77. The molecule has 1 fully saturated rings. The number of fused-ring (bicyclic) bond motifs is 1. The van der Waals surface area contributed by atoms with E-state index in [0.717, 1.165) is 42.5 Å². The second kappa shape index (κ2) is 7.64. The first kappa shape index (κ1) is 17.3. The van der Waals surface area contributed by atoms with Crippen LogP contribution >= 0.6 is 11.3 Å². The Balaban J connectivity index is 1.52. The number of nitrogens with zero attached hydrogens (tertiary/aromatic N) is 1. The van der Waals surface area contributed by atoms with Gasteiger partial charge < -0.3 is 14.6 Å². The fraction of sp³-hybridized carbons (Fsp3) is 0.381. The van der Waals surface area contributed by atoms with Crippen molar-refractivity contribution in [2.75, 3.05) is 13.2 Å². The number of aromatic nitrogens is 1. The third-order valence-electron chi connectivity index (χ3n) is 5.23. The van der Waals surface area contributed by atoms with E-state index < -0.39 is 0 Å². The van der Waals surface area contributed by atoms with E-state index in [9.17, 15) is 4.79 Å². The molecule has 1 aromatic carbocycles. The van der Waals surface area contributed by atoms with Crippen LogP contribution in [0.15, 0.2) is 48.0 Å². The van der Waals surface area contributed by atoms with Gasteiger partial charge in [-0.25, -0.2) is 0 Å². The lowest BCUT2D eigenvalue weighted by Gasteiger charge is -2.30. The normalized spacial score (nSPS) is 16.7. The number of aryl methyl sites for hydroxylation is 1. The highest BCUT2D eigenvalue weighted by Crippen LogP contribution is 2.32. The Bertz CT molecular complexity index is 879. The lowest BCUT2D eigenvalue weighted by atomic mass is 9.90. The monoisotopic (exact) mass is 368 g/mol. The Morgan fingerprint density at radius 1 is 1.27 bits per heavy atom. The molecular formula is C21H24N2O2S. The fourth-order valence-electron chi connectivity index (χ4n) is 3.90. The summed E-state index contributed by atoms with van der Waals surface area (Å²) >= 11 is 1.72. The summed E-state index contributed by atoms with van der Waals surface area (Å²) in [4.78, 5) is 14.1. The summed E-state index contributed by atoms with van der Waals surface area (Å²) in [5.74, 6) is 0.533. The number of rotatable bonds is 5. The molecule has 1 atom stereocenters. The zero-order valence-electron chi connectivity index (χ0n) is 15.0. The number of thiophene rings is 1. The maximum absolute atomic E-state index is 12.9. The van der Waals surface area contributed by atoms with Crippen LogP contribution in [0, 0.1) is 5.92 Å². The number of benzene rings is 1. The van der Waals surface area contributed by atoms with Gasteiger partial charge in [0, 0.05) is 42.2 Å². The molecule has 3 heterocycles. The molecule has 1 aliphatic heterocycles. The number of para-hydroxylation sites is 1. The van der Waals surface area contributed by atoms with Gasteiger partial charge in [0.2, 0.25) is 5.91 Å². The highest BCUT2D eigenvalue weighted by atomic mass is 32.1. The SMILES string of the molecule is Cn1cc(CC(=O)N[C@@H](c2cccs2)C2CCOCC2)c2ccccc21. The molecule has 1 aliphatic rings. The minimum absolute atomic E-state index is 0.0846. The van der Waals surface area contributed by atoms with Gasteiger partial charge in [-0.1, -0.05) is 24.3 Å². The van der Waals surface area contributed by atoms with Crippen molar-refractivity contribution in [3.63, 3.8) is 0 Å². The van der Waals surface area contributed by atoms with Gasteiger partial charge in [0.25, 0.3) is 0 Å². The summed E-state index contributed by atoms with van der Waals surface area (Å²) < 4.78 is 7.60. The average molecular weight is 369 g/mol. The molecule has 4 rings (SSSR count). The van der Waals surface area contributed by atoms with Crippen molar-refractivity contribution >= 4 is 28.1 Å². The second-order valence-electron chi connectivity index (χ2n) is 6.97. The van der Waals surface area contributed by atoms with E-state index in [2.05, 4.69) is 45.7 Å². The van der Waals surface area contributed by atoms with Gasteiger partial charge >= 0.3 is 0 Å². The van der Waals surface area contributed by atoms with Crippen LogP contribution in [0.5, 0.6) is 0 Å². The number of nitrogens with one attached hydrogen (secondary N) is 1. The van der Waals surface area contributed by atoms with Gasteiger partial charge in [0.05, 0.1) is 12.5 Å². The molecule has 4 nitrogen and oxygen atoms in total. The van der Waals surface area contributed by atoms with Crippen molar-refractivity contribution in [3.05, 3.63) is 58.4 Å². The van der Waals surface area contributed by atoms with E-state index in [1.54, 1.807) is 11.3 Å². The van der Waals surface area contributed by atoms with E-state index in [4.69, 9.17) is 4.74 Å². The summed E-state index contributed by atoms with van der Waals surface area (Å²) in [7, 11) is 2.03. The average Bonchev–Trinajstić information content (AvgIpc) is 3.30. The highest BCUT2D eigenvalue weighted by molar-refractivity contribution is 7.10. The van der Waals surface area contributed by atoms with Crippen LogP contribution in [0.25, 0.3) is 10.9 Å². The number of carbonyl (C=O) groups excluding carboxylic acids is 1. The minimum atomic E-state index is 0.0846. The molecule has 0 saturated carbocycles. The highest BCUT2D eigenvalue weighted by Gasteiger charge is 2.27. The minimum Gasteiger partial charge on any atom is -0.381 e. The Kier molecular flexibility index (Phi) is 5.09. The molecule has 5 heteroatoms. The van der Waals surface area contributed by atoms with E-state index in [1.807, 2.05) is 19.2 Å². The van der Waals surface area contributed by atoms with Crippen molar-refractivity contribution < 1.29 is 9.53 Å². The van der Waals surface area contributed by atoms with Crippen LogP contribution < -0.4 is 5.32 Å². The molecule has 3 aromatic rings. The quantitative estimate of drug-likeness (QED) is 0.738. The molecule has 0 aliphatic carbocycles. The standard InChI is InChI=1S/C21H24N2O2S/c1-23-14-16(17-5-2-3-6-18(17)23)13-20(24)22-21(19-7-4-12-26-19)15-8-10-25-11-9-15/h2-7,12,14-15,21H,8-11,13H2,1H3,(H,22,24)/t21-/m1/s1. The Morgan fingerprint density at radius 3 is 2.85 bits per heavy atom. The molecule has 136 valence electrons. The van der Waals surface area contributed by atoms with Crippen LogP contribution in [0.3, 0.4) is 0 Å². The third-order valence-corrected chi connectivity index (χ3v) is 6.19. The molecule has 2 aromatic heterocycles. The van der Waals surface area contributed by atoms with Crippen molar-refractivity contribution in [1.29, 1.82) is 0 Å². The molecule has 0 radical (unpaired) electrons. The van der Waals surface area contributed by atoms with Gasteiger partial charge in [0.15, 0.2) is 0 Å². The zero-order chi connectivity index (χ0) is 17.9. The predicted octanol–water partition coefficient (Wildman–Crippen LogP) is 4.07. The van der Waals surface area contributed by atoms with Crippen LogP contribution in [0.1, 0.15) is 29.3 Å². The number of ether oxygens (including phenoxy) is 1. The van der Waals surface area contributed by atoms with E-state index in [0.29, 0.717) is 12.3 Å². The maximum atomic E-state index is 12.9. The lowest BCUT2D eigenvalue weighted by molar-refractivity contribution is -0.121. The maximum Gasteiger partial charge on any atom is 0.225 e. The lowest BCUT2D eigenvalue weighted by Crippen LogP contribution is -2.36. The Labute approximate surface area is 157 Å². The van der Waals surface area contributed by atoms with Crippen molar-refractivity contribution in [3.8, 4) is 0 Å².